The number of ether oxygens (including phenoxy) is 3. The number of fused-ring (bicyclic) bond motifs is 1. The van der Waals surface area contributed by atoms with Crippen LogP contribution in [0.5, 0.6) is 17.2 Å². The van der Waals surface area contributed by atoms with Crippen molar-refractivity contribution in [2.24, 2.45) is 0 Å². The molecular weight excluding hydrogens is 268 g/mol. The second-order valence-electron chi connectivity index (χ2n) is 5.33. The number of rotatable bonds is 10. The zero-order chi connectivity index (χ0) is 14.9. The molecule has 1 aliphatic rings. The molecule has 116 valence electrons. The average Bonchev–Trinajstić information content (AvgIpc) is 2.96. The first-order valence-electron chi connectivity index (χ1n) is 7.86. The summed E-state index contributed by atoms with van der Waals surface area (Å²) in [7, 11) is 0. The Balaban J connectivity index is 1.72. The van der Waals surface area contributed by atoms with Gasteiger partial charge in [-0.05, 0) is 12.5 Å². The zero-order valence-electron chi connectivity index (χ0n) is 12.7. The molecule has 0 N–H and O–H groups in total. The molecular formula is C17H24O4. The lowest BCUT2D eigenvalue weighted by molar-refractivity contribution is 0.111. The van der Waals surface area contributed by atoms with E-state index in [2.05, 4.69) is 6.92 Å². The number of benzene rings is 1. The van der Waals surface area contributed by atoms with E-state index in [9.17, 15) is 4.79 Å². The van der Waals surface area contributed by atoms with E-state index < -0.39 is 0 Å². The summed E-state index contributed by atoms with van der Waals surface area (Å²) in [5, 5.41) is 0. The molecule has 0 saturated heterocycles. The van der Waals surface area contributed by atoms with E-state index >= 15 is 0 Å². The Morgan fingerprint density at radius 2 is 1.71 bits per heavy atom. The molecule has 1 aromatic rings. The van der Waals surface area contributed by atoms with Gasteiger partial charge in [-0.25, -0.2) is 0 Å². The van der Waals surface area contributed by atoms with Crippen molar-refractivity contribution < 1.29 is 19.0 Å². The molecule has 2 rings (SSSR count). The van der Waals surface area contributed by atoms with Crippen molar-refractivity contribution in [2.45, 2.75) is 51.9 Å². The Morgan fingerprint density at radius 1 is 1.05 bits per heavy atom. The van der Waals surface area contributed by atoms with Gasteiger partial charge < -0.3 is 14.2 Å². The lowest BCUT2D eigenvalue weighted by Crippen LogP contribution is -2.00. The molecule has 21 heavy (non-hydrogen) atoms. The van der Waals surface area contributed by atoms with Crippen LogP contribution in [0.2, 0.25) is 0 Å². The SMILES string of the molecule is CCCCCCCCCOc1cc2c(cc1C=O)OCO2. The van der Waals surface area contributed by atoms with Crippen LogP contribution < -0.4 is 14.2 Å². The van der Waals surface area contributed by atoms with Crippen molar-refractivity contribution in [3.63, 3.8) is 0 Å². The van der Waals surface area contributed by atoms with Gasteiger partial charge in [-0.1, -0.05) is 45.4 Å². The average molecular weight is 292 g/mol. The number of hydrogen-bond donors (Lipinski definition) is 0. The lowest BCUT2D eigenvalue weighted by Gasteiger charge is -2.09. The lowest BCUT2D eigenvalue weighted by atomic mass is 10.1. The molecule has 0 radical (unpaired) electrons. The summed E-state index contributed by atoms with van der Waals surface area (Å²) in [6, 6.07) is 3.42. The van der Waals surface area contributed by atoms with Crippen molar-refractivity contribution in [1.29, 1.82) is 0 Å². The van der Waals surface area contributed by atoms with Gasteiger partial charge in [0.05, 0.1) is 12.2 Å². The summed E-state index contributed by atoms with van der Waals surface area (Å²) in [6.45, 7) is 3.06. The van der Waals surface area contributed by atoms with Gasteiger partial charge in [-0.2, -0.15) is 0 Å². The van der Waals surface area contributed by atoms with Gasteiger partial charge >= 0.3 is 0 Å². The van der Waals surface area contributed by atoms with Crippen molar-refractivity contribution in [1.82, 2.24) is 0 Å². The molecule has 0 amide bonds. The van der Waals surface area contributed by atoms with Crippen LogP contribution in [0.3, 0.4) is 0 Å². The van der Waals surface area contributed by atoms with Gasteiger partial charge in [0.25, 0.3) is 0 Å². The third kappa shape index (κ3) is 4.66. The van der Waals surface area contributed by atoms with E-state index in [1.54, 1.807) is 12.1 Å². The maximum Gasteiger partial charge on any atom is 0.231 e. The molecule has 0 bridgehead atoms. The number of carbonyl (C=O) groups is 1. The number of unbranched alkanes of at least 4 members (excludes halogenated alkanes) is 6. The molecule has 1 aliphatic heterocycles. The van der Waals surface area contributed by atoms with Crippen molar-refractivity contribution in [3.8, 4) is 17.2 Å². The minimum Gasteiger partial charge on any atom is -0.493 e. The fraction of sp³-hybridized carbons (Fsp3) is 0.588. The normalized spacial score (nSPS) is 12.4. The van der Waals surface area contributed by atoms with Crippen LogP contribution in [0.25, 0.3) is 0 Å². The Labute approximate surface area is 126 Å². The van der Waals surface area contributed by atoms with Crippen LogP contribution in [0.15, 0.2) is 12.1 Å². The maximum absolute atomic E-state index is 11.1. The summed E-state index contributed by atoms with van der Waals surface area (Å²) in [5.41, 5.74) is 0.516. The largest absolute Gasteiger partial charge is 0.493 e. The van der Waals surface area contributed by atoms with E-state index in [-0.39, 0.29) is 6.79 Å². The third-order valence-electron chi connectivity index (χ3n) is 3.64. The molecule has 0 spiro atoms. The Hall–Kier alpha value is -1.71. The monoisotopic (exact) mass is 292 g/mol. The molecule has 0 fully saturated rings. The highest BCUT2D eigenvalue weighted by Gasteiger charge is 2.17. The standard InChI is InChI=1S/C17H24O4/c1-2-3-4-5-6-7-8-9-19-15-11-17-16(20-13-21-17)10-14(15)12-18/h10-12H,2-9,13H2,1H3. The van der Waals surface area contributed by atoms with E-state index in [1.807, 2.05) is 0 Å². The molecule has 1 heterocycles. The first-order valence-corrected chi connectivity index (χ1v) is 7.86. The number of aldehydes is 1. The Bertz CT molecular complexity index is 456. The van der Waals surface area contributed by atoms with E-state index in [0.717, 1.165) is 12.7 Å². The van der Waals surface area contributed by atoms with Gasteiger partial charge in [0.1, 0.15) is 5.75 Å². The number of hydrogen-bond acceptors (Lipinski definition) is 4. The second-order valence-corrected chi connectivity index (χ2v) is 5.33. The van der Waals surface area contributed by atoms with Gasteiger partial charge in [0.2, 0.25) is 6.79 Å². The van der Waals surface area contributed by atoms with Crippen LogP contribution in [0, 0.1) is 0 Å². The van der Waals surface area contributed by atoms with Crippen LogP contribution in [-0.2, 0) is 0 Å². The summed E-state index contributed by atoms with van der Waals surface area (Å²) >= 11 is 0. The Kier molecular flexibility index (Phi) is 6.38. The fourth-order valence-corrected chi connectivity index (χ4v) is 2.40. The van der Waals surface area contributed by atoms with Gasteiger partial charge in [0, 0.05) is 6.07 Å². The third-order valence-corrected chi connectivity index (χ3v) is 3.64. The van der Waals surface area contributed by atoms with E-state index in [1.165, 1.54) is 38.5 Å². The molecule has 0 saturated carbocycles. The summed E-state index contributed by atoms with van der Waals surface area (Å²) in [4.78, 5) is 11.1. The molecule has 0 unspecified atom stereocenters. The van der Waals surface area contributed by atoms with E-state index in [4.69, 9.17) is 14.2 Å². The van der Waals surface area contributed by atoms with Crippen molar-refractivity contribution in [3.05, 3.63) is 17.7 Å². The first-order chi connectivity index (χ1) is 10.3. The highest BCUT2D eigenvalue weighted by Crippen LogP contribution is 2.37. The fourth-order valence-electron chi connectivity index (χ4n) is 2.40. The zero-order valence-corrected chi connectivity index (χ0v) is 12.7. The minimum absolute atomic E-state index is 0.203. The van der Waals surface area contributed by atoms with Gasteiger partial charge in [0.15, 0.2) is 17.8 Å². The van der Waals surface area contributed by atoms with Crippen LogP contribution in [0.4, 0.5) is 0 Å². The quantitative estimate of drug-likeness (QED) is 0.475. The highest BCUT2D eigenvalue weighted by atomic mass is 16.7. The van der Waals surface area contributed by atoms with Crippen LogP contribution >= 0.6 is 0 Å². The van der Waals surface area contributed by atoms with Gasteiger partial charge in [-0.3, -0.25) is 4.79 Å². The summed E-state index contributed by atoms with van der Waals surface area (Å²) in [6.07, 6.45) is 9.47. The topological polar surface area (TPSA) is 44.8 Å². The van der Waals surface area contributed by atoms with Crippen molar-refractivity contribution in [2.75, 3.05) is 13.4 Å². The predicted octanol–water partition coefficient (Wildman–Crippen LogP) is 4.36. The molecule has 4 nitrogen and oxygen atoms in total. The van der Waals surface area contributed by atoms with E-state index in [0.29, 0.717) is 29.4 Å². The maximum atomic E-state index is 11.1. The summed E-state index contributed by atoms with van der Waals surface area (Å²) in [5.74, 6) is 1.84. The van der Waals surface area contributed by atoms with Gasteiger partial charge in [-0.15, -0.1) is 0 Å². The highest BCUT2D eigenvalue weighted by molar-refractivity contribution is 5.81. The van der Waals surface area contributed by atoms with Crippen LogP contribution in [0.1, 0.15) is 62.2 Å². The second kappa shape index (κ2) is 8.55. The Morgan fingerprint density at radius 3 is 2.43 bits per heavy atom. The molecule has 0 aromatic heterocycles. The molecule has 1 aromatic carbocycles. The van der Waals surface area contributed by atoms with Crippen molar-refractivity contribution >= 4 is 6.29 Å². The molecule has 4 heteroatoms. The molecule has 0 aliphatic carbocycles. The summed E-state index contributed by atoms with van der Waals surface area (Å²) < 4.78 is 16.3. The minimum atomic E-state index is 0.203. The predicted molar refractivity (Wildman–Crippen MR) is 81.4 cm³/mol. The number of carbonyl (C=O) groups excluding carboxylic acids is 1. The first kappa shape index (κ1) is 15.7. The van der Waals surface area contributed by atoms with Crippen LogP contribution in [-0.4, -0.2) is 19.7 Å². The molecule has 0 atom stereocenters. The smallest absolute Gasteiger partial charge is 0.231 e.